The van der Waals surface area contributed by atoms with E-state index in [1.807, 2.05) is 30.3 Å². The van der Waals surface area contributed by atoms with Gasteiger partial charge in [-0.2, -0.15) is 0 Å². The Morgan fingerprint density at radius 2 is 1.81 bits per heavy atom. The molecule has 0 bridgehead atoms. The number of nitrogens with zero attached hydrogens (tertiary/aromatic N) is 1. The van der Waals surface area contributed by atoms with Gasteiger partial charge in [-0.25, -0.2) is 4.79 Å². The fraction of sp³-hybridized carbons (Fsp3) is 0.400. The molecule has 0 unspecified atom stereocenters. The number of aliphatic hydroxyl groups is 1. The van der Waals surface area contributed by atoms with E-state index < -0.39 is 18.2 Å². The summed E-state index contributed by atoms with van der Waals surface area (Å²) in [6.45, 7) is 7.17. The van der Waals surface area contributed by atoms with Gasteiger partial charge in [0.15, 0.2) is 6.10 Å². The summed E-state index contributed by atoms with van der Waals surface area (Å²) in [5.74, 6) is -0.884. The minimum absolute atomic E-state index is 0.267. The Labute approximate surface area is 153 Å². The highest BCUT2D eigenvalue weighted by Gasteiger charge is 2.26. The van der Waals surface area contributed by atoms with Crippen LogP contribution in [0.3, 0.4) is 0 Å². The largest absolute Gasteiger partial charge is 0.448 e. The van der Waals surface area contributed by atoms with Crippen LogP contribution in [0.15, 0.2) is 30.3 Å². The second-order valence-corrected chi connectivity index (χ2v) is 6.57. The van der Waals surface area contributed by atoms with Crippen molar-refractivity contribution < 1.29 is 19.4 Å². The zero-order valence-corrected chi connectivity index (χ0v) is 15.9. The lowest BCUT2D eigenvalue weighted by molar-refractivity contribution is -0.139. The average Bonchev–Trinajstić information content (AvgIpc) is 2.89. The molecule has 2 aromatic rings. The average molecular weight is 358 g/mol. The van der Waals surface area contributed by atoms with Gasteiger partial charge in [-0.15, -0.1) is 0 Å². The minimum Gasteiger partial charge on any atom is -0.448 e. The van der Waals surface area contributed by atoms with Crippen molar-refractivity contribution in [3.63, 3.8) is 0 Å². The molecule has 1 aromatic heterocycles. The third-order valence-electron chi connectivity index (χ3n) is 4.39. The van der Waals surface area contributed by atoms with E-state index in [1.165, 1.54) is 4.90 Å². The first-order valence-corrected chi connectivity index (χ1v) is 8.59. The van der Waals surface area contributed by atoms with Gasteiger partial charge in [0.2, 0.25) is 0 Å². The highest BCUT2D eigenvalue weighted by Crippen LogP contribution is 2.25. The van der Waals surface area contributed by atoms with Gasteiger partial charge in [-0.05, 0) is 38.8 Å². The molecule has 0 saturated carbocycles. The van der Waals surface area contributed by atoms with E-state index in [4.69, 9.17) is 4.74 Å². The number of hydrogen-bond acceptors (Lipinski definition) is 4. The van der Waals surface area contributed by atoms with Crippen molar-refractivity contribution in [3.05, 3.63) is 58.4 Å². The number of aromatic amines is 1. The van der Waals surface area contributed by atoms with Crippen LogP contribution in [0.2, 0.25) is 0 Å². The van der Waals surface area contributed by atoms with Crippen molar-refractivity contribution in [2.75, 3.05) is 7.05 Å². The predicted molar refractivity (Wildman–Crippen MR) is 98.7 cm³/mol. The van der Waals surface area contributed by atoms with Gasteiger partial charge in [-0.3, -0.25) is 4.79 Å². The molecule has 6 heteroatoms. The second kappa shape index (κ2) is 8.19. The maximum Gasteiger partial charge on any atom is 0.355 e. The first-order chi connectivity index (χ1) is 12.2. The van der Waals surface area contributed by atoms with E-state index in [0.29, 0.717) is 23.4 Å². The summed E-state index contributed by atoms with van der Waals surface area (Å²) in [6, 6.07) is 9.60. The van der Waals surface area contributed by atoms with E-state index in [2.05, 4.69) is 4.98 Å². The molecule has 6 nitrogen and oxygen atoms in total. The summed E-state index contributed by atoms with van der Waals surface area (Å²) in [7, 11) is 1.68. The second-order valence-electron chi connectivity index (χ2n) is 6.57. The molecule has 0 spiro atoms. The third kappa shape index (κ3) is 4.32. The maximum absolute atomic E-state index is 12.5. The molecule has 1 heterocycles. The quantitative estimate of drug-likeness (QED) is 0.778. The molecule has 2 atom stereocenters. The number of likely N-dealkylation sites (N-methyl/N-ethyl adjacent to an activating group) is 1. The first-order valence-electron chi connectivity index (χ1n) is 8.59. The number of esters is 1. The Hall–Kier alpha value is -2.60. The van der Waals surface area contributed by atoms with Gasteiger partial charge < -0.3 is 19.7 Å². The van der Waals surface area contributed by atoms with Crippen molar-refractivity contribution >= 4 is 11.9 Å². The number of nitrogens with one attached hydrogen (secondary N) is 1. The molecular weight excluding hydrogens is 332 g/mol. The summed E-state index contributed by atoms with van der Waals surface area (Å²) in [5.41, 5.74) is 3.30. The predicted octanol–water partition coefficient (Wildman–Crippen LogP) is 2.89. The summed E-state index contributed by atoms with van der Waals surface area (Å²) in [5, 5.41) is 9.83. The molecule has 0 aliphatic heterocycles. The Bertz CT molecular complexity index is 781. The smallest absolute Gasteiger partial charge is 0.355 e. The molecule has 1 amide bonds. The number of aliphatic hydroxyl groups excluding tert-OH is 1. The molecule has 1 aromatic carbocycles. The zero-order valence-electron chi connectivity index (χ0n) is 15.9. The van der Waals surface area contributed by atoms with E-state index >= 15 is 0 Å². The van der Waals surface area contributed by atoms with Crippen LogP contribution in [0.25, 0.3) is 0 Å². The Morgan fingerprint density at radius 1 is 1.19 bits per heavy atom. The number of hydrogen-bond donors (Lipinski definition) is 2. The monoisotopic (exact) mass is 358 g/mol. The van der Waals surface area contributed by atoms with E-state index in [-0.39, 0.29) is 11.6 Å². The molecule has 26 heavy (non-hydrogen) atoms. The number of carbonyl (C=O) groups is 2. The zero-order chi connectivity index (χ0) is 19.4. The summed E-state index contributed by atoms with van der Waals surface area (Å²) >= 11 is 0. The van der Waals surface area contributed by atoms with Crippen molar-refractivity contribution in [1.29, 1.82) is 0 Å². The fourth-order valence-electron chi connectivity index (χ4n) is 3.11. The van der Waals surface area contributed by atoms with E-state index in [1.54, 1.807) is 34.7 Å². The van der Waals surface area contributed by atoms with Gasteiger partial charge in [0, 0.05) is 24.8 Å². The van der Waals surface area contributed by atoms with Crippen molar-refractivity contribution in [3.8, 4) is 0 Å². The minimum atomic E-state index is -0.908. The Kier molecular flexibility index (Phi) is 6.21. The van der Waals surface area contributed by atoms with Crippen LogP contribution in [-0.2, 0) is 16.1 Å². The number of rotatable bonds is 6. The lowest BCUT2D eigenvalue weighted by Crippen LogP contribution is -2.37. The van der Waals surface area contributed by atoms with Gasteiger partial charge in [0.25, 0.3) is 5.91 Å². The van der Waals surface area contributed by atoms with E-state index in [9.17, 15) is 14.7 Å². The Balaban J connectivity index is 2.04. The van der Waals surface area contributed by atoms with Crippen LogP contribution in [0.5, 0.6) is 0 Å². The molecule has 0 aliphatic carbocycles. The van der Waals surface area contributed by atoms with Gasteiger partial charge in [0.1, 0.15) is 5.69 Å². The van der Waals surface area contributed by atoms with Gasteiger partial charge >= 0.3 is 5.97 Å². The van der Waals surface area contributed by atoms with Crippen LogP contribution < -0.4 is 0 Å². The number of benzene rings is 1. The van der Waals surface area contributed by atoms with Crippen LogP contribution >= 0.6 is 0 Å². The molecule has 0 fully saturated rings. The van der Waals surface area contributed by atoms with Gasteiger partial charge in [0.05, 0.1) is 6.10 Å². The number of carbonyl (C=O) groups excluding carboxylic acids is 2. The molecule has 0 aliphatic rings. The van der Waals surface area contributed by atoms with Crippen molar-refractivity contribution in [1.82, 2.24) is 9.88 Å². The molecular formula is C20H26N2O4. The van der Waals surface area contributed by atoms with Crippen LogP contribution in [0.4, 0.5) is 0 Å². The molecule has 140 valence electrons. The number of aromatic nitrogens is 1. The third-order valence-corrected chi connectivity index (χ3v) is 4.39. The van der Waals surface area contributed by atoms with Crippen LogP contribution in [0.1, 0.15) is 52.8 Å². The number of H-pyrrole nitrogens is 1. The van der Waals surface area contributed by atoms with Crippen molar-refractivity contribution in [2.45, 2.75) is 46.4 Å². The number of aryl methyl sites for hydroxylation is 1. The lowest BCUT2D eigenvalue weighted by atomic mass is 10.1. The van der Waals surface area contributed by atoms with Crippen LogP contribution in [0, 0.1) is 13.8 Å². The topological polar surface area (TPSA) is 82.6 Å². The molecule has 2 rings (SSSR count). The SMILES string of the molecule is Cc1[nH]c(C(=O)O[C@@H](C)C(=O)N(C)Cc2ccccc2)c(C)c1[C@H](C)O. The fourth-order valence-corrected chi connectivity index (χ4v) is 3.11. The molecule has 0 radical (unpaired) electrons. The molecule has 0 saturated heterocycles. The first kappa shape index (κ1) is 19.7. The number of amides is 1. The maximum atomic E-state index is 12.5. The standard InChI is InChI=1S/C20H26N2O4/c1-12-17(14(3)23)13(2)21-18(12)20(25)26-15(4)19(24)22(5)11-16-9-7-6-8-10-16/h6-10,14-15,21,23H,11H2,1-5H3/t14-,15-/m0/s1. The molecule has 2 N–H and O–H groups in total. The summed E-state index contributed by atoms with van der Waals surface area (Å²) in [6.07, 6.45) is -1.60. The highest BCUT2D eigenvalue weighted by molar-refractivity contribution is 5.92. The Morgan fingerprint density at radius 3 is 2.35 bits per heavy atom. The number of ether oxygens (including phenoxy) is 1. The highest BCUT2D eigenvalue weighted by atomic mass is 16.5. The van der Waals surface area contributed by atoms with Crippen molar-refractivity contribution in [2.24, 2.45) is 0 Å². The summed E-state index contributed by atoms with van der Waals surface area (Å²) < 4.78 is 5.34. The van der Waals surface area contributed by atoms with Crippen LogP contribution in [-0.4, -0.2) is 40.0 Å². The van der Waals surface area contributed by atoms with E-state index in [0.717, 1.165) is 5.56 Å². The normalized spacial score (nSPS) is 13.2. The van der Waals surface area contributed by atoms with Gasteiger partial charge in [-0.1, -0.05) is 30.3 Å². The summed E-state index contributed by atoms with van der Waals surface area (Å²) in [4.78, 5) is 29.4. The lowest BCUT2D eigenvalue weighted by Gasteiger charge is -2.21.